The summed E-state index contributed by atoms with van der Waals surface area (Å²) in [5, 5.41) is 0. The highest BCUT2D eigenvalue weighted by Gasteiger charge is 2.51. The van der Waals surface area contributed by atoms with Crippen molar-refractivity contribution in [2.75, 3.05) is 6.61 Å². The molecule has 1 unspecified atom stereocenters. The molecule has 1 fully saturated rings. The predicted molar refractivity (Wildman–Crippen MR) is 112 cm³/mol. The number of nitrogens with zero attached hydrogens (tertiary/aromatic N) is 1. The summed E-state index contributed by atoms with van der Waals surface area (Å²) in [5.41, 5.74) is 4.97. The van der Waals surface area contributed by atoms with Gasteiger partial charge in [0, 0.05) is 13.0 Å². The lowest BCUT2D eigenvalue weighted by molar-refractivity contribution is -0.141. The van der Waals surface area contributed by atoms with Crippen LogP contribution in [0.3, 0.4) is 0 Å². The van der Waals surface area contributed by atoms with Crippen LogP contribution in [0.2, 0.25) is 0 Å². The fraction of sp³-hybridized carbons (Fsp3) is 0.240. The van der Waals surface area contributed by atoms with E-state index < -0.39 is 0 Å². The number of hydrogen-bond donors (Lipinski definition) is 0. The molecule has 4 rings (SSSR count). The Morgan fingerprint density at radius 1 is 0.893 bits per heavy atom. The second kappa shape index (κ2) is 7.99. The molecule has 0 saturated carbocycles. The third kappa shape index (κ3) is 3.85. The number of benzene rings is 3. The first-order chi connectivity index (χ1) is 13.6. The Labute approximate surface area is 166 Å². The van der Waals surface area contributed by atoms with Gasteiger partial charge in [-0.2, -0.15) is 0 Å². The fourth-order valence-electron chi connectivity index (χ4n) is 4.01. The number of rotatable bonds is 6. The molecule has 3 nitrogen and oxygen atoms in total. The van der Waals surface area contributed by atoms with E-state index in [0.717, 1.165) is 0 Å². The quantitative estimate of drug-likeness (QED) is 0.429. The third-order valence-corrected chi connectivity index (χ3v) is 5.52. The summed E-state index contributed by atoms with van der Waals surface area (Å²) >= 11 is 0. The van der Waals surface area contributed by atoms with Crippen molar-refractivity contribution in [3.8, 4) is 11.1 Å². The van der Waals surface area contributed by atoms with Crippen molar-refractivity contribution in [1.82, 2.24) is 4.90 Å². The van der Waals surface area contributed by atoms with E-state index in [0.29, 0.717) is 6.61 Å². The minimum absolute atomic E-state index is 0.210. The van der Waals surface area contributed by atoms with Gasteiger partial charge in [0.2, 0.25) is 0 Å². The van der Waals surface area contributed by atoms with Gasteiger partial charge in [-0.05, 0) is 29.2 Å². The van der Waals surface area contributed by atoms with Crippen LogP contribution in [0, 0.1) is 0 Å². The molecule has 1 saturated heterocycles. The van der Waals surface area contributed by atoms with Crippen molar-refractivity contribution in [1.29, 1.82) is 0 Å². The molecule has 1 aliphatic rings. The van der Waals surface area contributed by atoms with Gasteiger partial charge in [0.05, 0.1) is 12.1 Å². The van der Waals surface area contributed by atoms with Crippen molar-refractivity contribution >= 4 is 5.97 Å². The molecule has 0 radical (unpaired) electrons. The lowest BCUT2D eigenvalue weighted by atomic mass is 10.0. The molecule has 0 bridgehead atoms. The van der Waals surface area contributed by atoms with Gasteiger partial charge < -0.3 is 4.74 Å². The molecule has 1 aliphatic heterocycles. The van der Waals surface area contributed by atoms with Crippen LogP contribution in [-0.2, 0) is 9.53 Å². The number of hydrogen-bond acceptors (Lipinski definition) is 3. The summed E-state index contributed by atoms with van der Waals surface area (Å²) < 4.78 is 5.35. The Hall–Kier alpha value is -2.91. The first-order valence-corrected chi connectivity index (χ1v) is 9.76. The monoisotopic (exact) mass is 371 g/mol. The molecule has 0 spiro atoms. The van der Waals surface area contributed by atoms with Crippen molar-refractivity contribution in [3.63, 3.8) is 0 Å². The number of carbonyl (C=O) groups excluding carboxylic acids is 1. The van der Waals surface area contributed by atoms with E-state index >= 15 is 0 Å². The molecule has 1 heterocycles. The summed E-state index contributed by atoms with van der Waals surface area (Å²) in [6, 6.07) is 30.4. The smallest absolute Gasteiger partial charge is 0.302 e. The maximum absolute atomic E-state index is 11.3. The zero-order valence-corrected chi connectivity index (χ0v) is 16.3. The molecule has 0 aromatic heterocycles. The van der Waals surface area contributed by atoms with Gasteiger partial charge in [-0.15, -0.1) is 0 Å². The molecule has 3 heteroatoms. The lowest BCUT2D eigenvalue weighted by Crippen LogP contribution is -2.14. The van der Waals surface area contributed by atoms with Gasteiger partial charge in [0.1, 0.15) is 6.61 Å². The number of ether oxygens (including phenoxy) is 1. The SMILES string of the molecule is CC(=O)OC[C@H]1[C@@H](c2ccc(-c3ccccc3)cc2)N1[C@H](C)c1ccccc1. The lowest BCUT2D eigenvalue weighted by Gasteiger charge is -2.15. The van der Waals surface area contributed by atoms with Gasteiger partial charge in [-0.25, -0.2) is 0 Å². The highest BCUT2D eigenvalue weighted by molar-refractivity contribution is 5.66. The molecular weight excluding hydrogens is 346 g/mol. The molecule has 0 N–H and O–H groups in total. The largest absolute Gasteiger partial charge is 0.464 e. The maximum atomic E-state index is 11.3. The minimum Gasteiger partial charge on any atom is -0.464 e. The van der Waals surface area contributed by atoms with Crippen LogP contribution in [0.25, 0.3) is 11.1 Å². The average Bonchev–Trinajstić information content (AvgIpc) is 3.47. The van der Waals surface area contributed by atoms with E-state index in [1.165, 1.54) is 29.2 Å². The number of esters is 1. The molecular formula is C25H25NO2. The molecule has 0 aliphatic carbocycles. The normalized spacial score (nSPS) is 21.7. The summed E-state index contributed by atoms with van der Waals surface area (Å²) in [6.45, 7) is 4.11. The highest BCUT2D eigenvalue weighted by atomic mass is 16.5. The van der Waals surface area contributed by atoms with E-state index in [-0.39, 0.29) is 24.1 Å². The number of carbonyl (C=O) groups is 1. The zero-order chi connectivity index (χ0) is 19.5. The average molecular weight is 371 g/mol. The molecule has 142 valence electrons. The zero-order valence-electron chi connectivity index (χ0n) is 16.3. The van der Waals surface area contributed by atoms with Crippen LogP contribution in [-0.4, -0.2) is 23.5 Å². The van der Waals surface area contributed by atoms with E-state index in [9.17, 15) is 4.79 Å². The van der Waals surface area contributed by atoms with Gasteiger partial charge in [-0.1, -0.05) is 84.9 Å². The first kappa shape index (κ1) is 18.5. The van der Waals surface area contributed by atoms with Crippen molar-refractivity contribution in [2.24, 2.45) is 0 Å². The van der Waals surface area contributed by atoms with E-state index in [1.807, 2.05) is 12.1 Å². The standard InChI is InChI=1S/C25H25NO2/c1-18(20-9-5-3-6-10-20)26-24(17-28-19(2)27)25(26)23-15-13-22(14-16-23)21-11-7-4-8-12-21/h3-16,18,24-25H,17H2,1-2H3/t18-,24+,25-,26?/m1/s1. The molecule has 3 aromatic rings. The molecule has 3 aromatic carbocycles. The Balaban J connectivity index is 1.56. The molecule has 28 heavy (non-hydrogen) atoms. The van der Waals surface area contributed by atoms with Crippen LogP contribution in [0.4, 0.5) is 0 Å². The van der Waals surface area contributed by atoms with Gasteiger partial charge >= 0.3 is 5.97 Å². The van der Waals surface area contributed by atoms with Crippen LogP contribution in [0.5, 0.6) is 0 Å². The topological polar surface area (TPSA) is 29.3 Å². The molecule has 0 amide bonds. The van der Waals surface area contributed by atoms with Crippen LogP contribution >= 0.6 is 0 Å². The second-order valence-corrected chi connectivity index (χ2v) is 7.34. The highest BCUT2D eigenvalue weighted by Crippen LogP contribution is 2.49. The van der Waals surface area contributed by atoms with Gasteiger partial charge in [0.15, 0.2) is 0 Å². The summed E-state index contributed by atoms with van der Waals surface area (Å²) in [4.78, 5) is 13.8. The Morgan fingerprint density at radius 3 is 2.07 bits per heavy atom. The Bertz CT molecular complexity index is 922. The van der Waals surface area contributed by atoms with Gasteiger partial charge in [0.25, 0.3) is 0 Å². The van der Waals surface area contributed by atoms with Gasteiger partial charge in [-0.3, -0.25) is 9.69 Å². The summed E-state index contributed by atoms with van der Waals surface area (Å²) in [7, 11) is 0. The fourth-order valence-corrected chi connectivity index (χ4v) is 4.01. The maximum Gasteiger partial charge on any atom is 0.302 e. The Morgan fingerprint density at radius 2 is 1.46 bits per heavy atom. The van der Waals surface area contributed by atoms with Crippen molar-refractivity contribution in [3.05, 3.63) is 96.1 Å². The first-order valence-electron chi connectivity index (χ1n) is 9.76. The van der Waals surface area contributed by atoms with E-state index in [2.05, 4.69) is 84.6 Å². The van der Waals surface area contributed by atoms with Crippen LogP contribution in [0.1, 0.15) is 37.1 Å². The third-order valence-electron chi connectivity index (χ3n) is 5.52. The Kier molecular flexibility index (Phi) is 5.27. The van der Waals surface area contributed by atoms with E-state index in [4.69, 9.17) is 4.74 Å². The summed E-state index contributed by atoms with van der Waals surface area (Å²) in [5.74, 6) is -0.225. The van der Waals surface area contributed by atoms with Crippen LogP contribution < -0.4 is 0 Å². The van der Waals surface area contributed by atoms with Crippen molar-refractivity contribution < 1.29 is 9.53 Å². The van der Waals surface area contributed by atoms with Crippen LogP contribution in [0.15, 0.2) is 84.9 Å². The minimum atomic E-state index is -0.225. The van der Waals surface area contributed by atoms with E-state index in [1.54, 1.807) is 0 Å². The summed E-state index contributed by atoms with van der Waals surface area (Å²) in [6.07, 6.45) is 0. The van der Waals surface area contributed by atoms with Crippen molar-refractivity contribution in [2.45, 2.75) is 32.0 Å². The predicted octanol–water partition coefficient (Wildman–Crippen LogP) is 5.40. The second-order valence-electron chi connectivity index (χ2n) is 7.34. The molecule has 4 atom stereocenters.